The Morgan fingerprint density at radius 2 is 2.28 bits per heavy atom. The third-order valence-corrected chi connectivity index (χ3v) is 3.04. The van der Waals surface area contributed by atoms with Crippen LogP contribution in [0.1, 0.15) is 37.8 Å². The summed E-state index contributed by atoms with van der Waals surface area (Å²) in [6, 6.07) is 0.115. The number of hydrogen-bond acceptors (Lipinski definition) is 4. The van der Waals surface area contributed by atoms with Crippen LogP contribution in [0.4, 0.5) is 11.5 Å². The summed E-state index contributed by atoms with van der Waals surface area (Å²) >= 11 is 0. The van der Waals surface area contributed by atoms with Crippen molar-refractivity contribution in [3.05, 3.63) is 23.9 Å². The lowest BCUT2D eigenvalue weighted by Gasteiger charge is -2.17. The van der Waals surface area contributed by atoms with Crippen molar-refractivity contribution < 1.29 is 0 Å². The molecule has 6 nitrogen and oxygen atoms in total. The first-order chi connectivity index (χ1) is 8.67. The molecular weight excluding hydrogens is 228 g/mol. The molecule has 0 aliphatic heterocycles. The van der Waals surface area contributed by atoms with Gasteiger partial charge in [-0.05, 0) is 20.3 Å². The number of nitrogen functional groups attached to an aromatic ring is 1. The van der Waals surface area contributed by atoms with Crippen LogP contribution in [0.25, 0.3) is 0 Å². The number of nitrogens with one attached hydrogen (secondary N) is 2. The molecular formula is C12H20N6. The van der Waals surface area contributed by atoms with E-state index >= 15 is 0 Å². The fourth-order valence-corrected chi connectivity index (χ4v) is 1.97. The van der Waals surface area contributed by atoms with Gasteiger partial charge in [-0.25, -0.2) is 9.67 Å². The summed E-state index contributed by atoms with van der Waals surface area (Å²) in [4.78, 5) is 7.42. The van der Waals surface area contributed by atoms with Gasteiger partial charge in [-0.15, -0.1) is 0 Å². The van der Waals surface area contributed by atoms with Crippen molar-refractivity contribution in [3.63, 3.8) is 0 Å². The Labute approximate surface area is 107 Å². The minimum Gasteiger partial charge on any atom is -0.394 e. The fourth-order valence-electron chi connectivity index (χ4n) is 1.97. The van der Waals surface area contributed by atoms with Gasteiger partial charge in [0.15, 0.2) is 0 Å². The van der Waals surface area contributed by atoms with E-state index in [1.54, 1.807) is 6.20 Å². The highest BCUT2D eigenvalue weighted by Crippen LogP contribution is 2.27. The summed E-state index contributed by atoms with van der Waals surface area (Å²) < 4.78 is 1.89. The number of nitrogens with two attached hydrogens (primary N) is 1. The van der Waals surface area contributed by atoms with Crippen LogP contribution in [0.15, 0.2) is 12.4 Å². The standard InChI is InChI=1S/C12H20N6/c1-4-9(11-14-6-7-15-11)16-12-10(13)8(3)17-18(12)5-2/h6-7,9,16H,4-5,13H2,1-3H3,(H,14,15). The second kappa shape index (κ2) is 5.12. The van der Waals surface area contributed by atoms with Gasteiger partial charge in [0.1, 0.15) is 11.6 Å². The first-order valence-electron chi connectivity index (χ1n) is 6.26. The zero-order valence-electron chi connectivity index (χ0n) is 11.1. The van der Waals surface area contributed by atoms with Gasteiger partial charge in [0.05, 0.1) is 17.4 Å². The zero-order valence-corrected chi connectivity index (χ0v) is 11.1. The van der Waals surface area contributed by atoms with Gasteiger partial charge in [-0.1, -0.05) is 6.92 Å². The van der Waals surface area contributed by atoms with Crippen molar-refractivity contribution in [1.29, 1.82) is 0 Å². The number of aromatic amines is 1. The molecule has 0 saturated carbocycles. The summed E-state index contributed by atoms with van der Waals surface area (Å²) in [5.41, 5.74) is 7.62. The fraction of sp³-hybridized carbons (Fsp3) is 0.500. The van der Waals surface area contributed by atoms with Gasteiger partial charge >= 0.3 is 0 Å². The van der Waals surface area contributed by atoms with E-state index in [9.17, 15) is 0 Å². The maximum Gasteiger partial charge on any atom is 0.148 e. The number of H-pyrrole nitrogens is 1. The Balaban J connectivity index is 2.27. The molecule has 2 rings (SSSR count). The number of rotatable bonds is 5. The molecule has 2 aromatic heterocycles. The number of nitrogens with zero attached hydrogens (tertiary/aromatic N) is 3. The van der Waals surface area contributed by atoms with E-state index in [4.69, 9.17) is 5.73 Å². The minimum atomic E-state index is 0.115. The molecule has 1 atom stereocenters. The smallest absolute Gasteiger partial charge is 0.148 e. The molecule has 0 fully saturated rings. The molecule has 1 unspecified atom stereocenters. The van der Waals surface area contributed by atoms with Gasteiger partial charge < -0.3 is 16.0 Å². The molecule has 4 N–H and O–H groups in total. The average molecular weight is 248 g/mol. The zero-order chi connectivity index (χ0) is 13.1. The van der Waals surface area contributed by atoms with Gasteiger partial charge in [0, 0.05) is 18.9 Å². The van der Waals surface area contributed by atoms with E-state index in [0.29, 0.717) is 5.69 Å². The number of aromatic nitrogens is 4. The molecule has 0 aliphatic carbocycles. The number of hydrogen-bond donors (Lipinski definition) is 3. The molecule has 2 heterocycles. The van der Waals surface area contributed by atoms with Crippen molar-refractivity contribution in [2.75, 3.05) is 11.1 Å². The van der Waals surface area contributed by atoms with Crippen molar-refractivity contribution in [2.24, 2.45) is 0 Å². The highest BCUT2D eigenvalue weighted by Gasteiger charge is 2.17. The maximum atomic E-state index is 6.06. The van der Waals surface area contributed by atoms with Crippen LogP contribution in [0.3, 0.4) is 0 Å². The van der Waals surface area contributed by atoms with E-state index in [2.05, 4.69) is 27.3 Å². The third-order valence-electron chi connectivity index (χ3n) is 3.04. The number of aryl methyl sites for hydroxylation is 2. The highest BCUT2D eigenvalue weighted by atomic mass is 15.3. The Bertz CT molecular complexity index is 499. The average Bonchev–Trinajstić information content (AvgIpc) is 2.98. The summed E-state index contributed by atoms with van der Waals surface area (Å²) in [5.74, 6) is 1.79. The third kappa shape index (κ3) is 2.18. The molecule has 6 heteroatoms. The van der Waals surface area contributed by atoms with Crippen molar-refractivity contribution >= 4 is 11.5 Å². The summed E-state index contributed by atoms with van der Waals surface area (Å²) in [6.45, 7) is 6.86. The molecule has 0 aliphatic rings. The molecule has 0 saturated heterocycles. The van der Waals surface area contributed by atoms with Gasteiger partial charge in [-0.2, -0.15) is 5.10 Å². The van der Waals surface area contributed by atoms with Gasteiger partial charge in [-0.3, -0.25) is 0 Å². The Morgan fingerprint density at radius 1 is 1.50 bits per heavy atom. The monoisotopic (exact) mass is 248 g/mol. The second-order valence-electron chi connectivity index (χ2n) is 4.24. The van der Waals surface area contributed by atoms with Crippen molar-refractivity contribution in [2.45, 2.75) is 39.8 Å². The number of anilines is 2. The van der Waals surface area contributed by atoms with E-state index in [1.165, 1.54) is 0 Å². The van der Waals surface area contributed by atoms with Gasteiger partial charge in [0.2, 0.25) is 0 Å². The largest absolute Gasteiger partial charge is 0.394 e. The van der Waals surface area contributed by atoms with Crippen LogP contribution in [0.5, 0.6) is 0 Å². The molecule has 0 amide bonds. The summed E-state index contributed by atoms with van der Waals surface area (Å²) in [5, 5.41) is 7.82. The molecule has 0 radical (unpaired) electrons. The lowest BCUT2D eigenvalue weighted by molar-refractivity contribution is 0.634. The lowest BCUT2D eigenvalue weighted by Crippen LogP contribution is -2.15. The first kappa shape index (κ1) is 12.5. The first-order valence-corrected chi connectivity index (χ1v) is 6.26. The quantitative estimate of drug-likeness (QED) is 0.756. The highest BCUT2D eigenvalue weighted by molar-refractivity contribution is 5.65. The Morgan fingerprint density at radius 3 is 2.83 bits per heavy atom. The van der Waals surface area contributed by atoms with Gasteiger partial charge in [0.25, 0.3) is 0 Å². The number of imidazole rings is 1. The Kier molecular flexibility index (Phi) is 3.55. The lowest BCUT2D eigenvalue weighted by atomic mass is 10.2. The van der Waals surface area contributed by atoms with Crippen LogP contribution in [-0.4, -0.2) is 19.7 Å². The molecule has 2 aromatic rings. The predicted octanol–water partition coefficient (Wildman–Crippen LogP) is 2.08. The van der Waals surface area contributed by atoms with E-state index in [1.807, 2.05) is 24.7 Å². The van der Waals surface area contributed by atoms with Crippen LogP contribution >= 0.6 is 0 Å². The van der Waals surface area contributed by atoms with Crippen LogP contribution in [0, 0.1) is 6.92 Å². The normalized spacial score (nSPS) is 12.6. The van der Waals surface area contributed by atoms with Crippen molar-refractivity contribution in [1.82, 2.24) is 19.7 Å². The van der Waals surface area contributed by atoms with Crippen LogP contribution in [-0.2, 0) is 6.54 Å². The molecule has 98 valence electrons. The minimum absolute atomic E-state index is 0.115. The molecule has 18 heavy (non-hydrogen) atoms. The molecule has 0 spiro atoms. The second-order valence-corrected chi connectivity index (χ2v) is 4.24. The predicted molar refractivity (Wildman–Crippen MR) is 72.3 cm³/mol. The topological polar surface area (TPSA) is 84.5 Å². The molecule has 0 bridgehead atoms. The van der Waals surface area contributed by atoms with E-state index in [-0.39, 0.29) is 6.04 Å². The summed E-state index contributed by atoms with van der Waals surface area (Å²) in [6.07, 6.45) is 4.50. The van der Waals surface area contributed by atoms with E-state index < -0.39 is 0 Å². The Hall–Kier alpha value is -1.98. The molecule has 0 aromatic carbocycles. The van der Waals surface area contributed by atoms with Crippen LogP contribution in [0.2, 0.25) is 0 Å². The SMILES string of the molecule is CCC(Nc1c(N)c(C)nn1CC)c1ncc[nH]1. The van der Waals surface area contributed by atoms with Crippen molar-refractivity contribution in [3.8, 4) is 0 Å². The maximum absolute atomic E-state index is 6.06. The van der Waals surface area contributed by atoms with E-state index in [0.717, 1.165) is 30.3 Å². The summed E-state index contributed by atoms with van der Waals surface area (Å²) in [7, 11) is 0. The van der Waals surface area contributed by atoms with Crippen LogP contribution < -0.4 is 11.1 Å².